The van der Waals surface area contributed by atoms with Crippen molar-refractivity contribution in [1.82, 2.24) is 14.9 Å². The number of carbonyl (C=O) groups excluding carboxylic acids is 1. The van der Waals surface area contributed by atoms with Crippen molar-refractivity contribution >= 4 is 11.9 Å². The predicted octanol–water partition coefficient (Wildman–Crippen LogP) is 2.81. The van der Waals surface area contributed by atoms with Crippen LogP contribution < -0.4 is 9.64 Å². The van der Waals surface area contributed by atoms with Crippen LogP contribution in [0.25, 0.3) is 0 Å². The molecule has 1 saturated heterocycles. The zero-order chi connectivity index (χ0) is 19.9. The lowest BCUT2D eigenvalue weighted by molar-refractivity contribution is 0.0633. The molecule has 1 atom stereocenters. The maximum absolute atomic E-state index is 13.7. The van der Waals surface area contributed by atoms with Crippen LogP contribution in [0.5, 0.6) is 5.75 Å². The van der Waals surface area contributed by atoms with Crippen molar-refractivity contribution in [1.29, 1.82) is 0 Å². The summed E-state index contributed by atoms with van der Waals surface area (Å²) in [5.41, 5.74) is 2.59. The van der Waals surface area contributed by atoms with Crippen molar-refractivity contribution in [2.45, 2.75) is 31.1 Å². The first-order chi connectivity index (χ1) is 13.4. The molecule has 28 heavy (non-hydrogen) atoms. The maximum atomic E-state index is 13.7. The minimum Gasteiger partial charge on any atom is -0.494 e. The second-order valence-corrected chi connectivity index (χ2v) is 7.90. The Labute approximate surface area is 164 Å². The molecular formula is C21H25FN4O2. The van der Waals surface area contributed by atoms with Gasteiger partial charge in [-0.3, -0.25) is 4.79 Å². The molecule has 1 fully saturated rings. The van der Waals surface area contributed by atoms with E-state index >= 15 is 0 Å². The normalized spacial score (nSPS) is 20.9. The van der Waals surface area contributed by atoms with Crippen molar-refractivity contribution in [3.63, 3.8) is 0 Å². The van der Waals surface area contributed by atoms with Gasteiger partial charge < -0.3 is 14.5 Å². The number of aryl methyl sites for hydroxylation is 1. The zero-order valence-electron chi connectivity index (χ0n) is 16.5. The molecule has 0 N–H and O–H groups in total. The molecule has 7 heteroatoms. The summed E-state index contributed by atoms with van der Waals surface area (Å²) < 4.78 is 18.7. The fraction of sp³-hybridized carbons (Fsp3) is 0.476. The van der Waals surface area contributed by atoms with E-state index in [1.807, 2.05) is 30.1 Å². The monoisotopic (exact) mass is 384 g/mol. The Bertz CT molecular complexity index is 913. The Morgan fingerprint density at radius 3 is 2.89 bits per heavy atom. The summed E-state index contributed by atoms with van der Waals surface area (Å²) in [4.78, 5) is 26.2. The number of ether oxygens (including phenoxy) is 1. The number of aromatic nitrogens is 2. The Morgan fingerprint density at radius 2 is 2.14 bits per heavy atom. The van der Waals surface area contributed by atoms with Crippen LogP contribution >= 0.6 is 0 Å². The summed E-state index contributed by atoms with van der Waals surface area (Å²) >= 11 is 0. The topological polar surface area (TPSA) is 58.6 Å². The third-order valence-electron chi connectivity index (χ3n) is 5.89. The molecule has 4 rings (SSSR count). The minimum absolute atomic E-state index is 0.0900. The van der Waals surface area contributed by atoms with Crippen LogP contribution in [0.2, 0.25) is 0 Å². The van der Waals surface area contributed by atoms with E-state index in [0.717, 1.165) is 31.4 Å². The number of nitrogens with zero attached hydrogens (tertiary/aromatic N) is 4. The average molecular weight is 384 g/mol. The molecule has 0 saturated carbocycles. The highest BCUT2D eigenvalue weighted by atomic mass is 19.1. The van der Waals surface area contributed by atoms with Gasteiger partial charge in [0.05, 0.1) is 12.8 Å². The van der Waals surface area contributed by atoms with Crippen LogP contribution in [0.15, 0.2) is 24.4 Å². The van der Waals surface area contributed by atoms with Gasteiger partial charge >= 0.3 is 0 Å². The average Bonchev–Trinajstić information content (AvgIpc) is 3.05. The number of hydrogen-bond acceptors (Lipinski definition) is 5. The summed E-state index contributed by atoms with van der Waals surface area (Å²) in [7, 11) is 5.27. The number of methoxy groups -OCH3 is 1. The number of piperidine rings is 1. The number of halogens is 1. The molecule has 2 aromatic rings. The molecule has 2 heterocycles. The van der Waals surface area contributed by atoms with E-state index in [9.17, 15) is 9.18 Å². The van der Waals surface area contributed by atoms with Gasteiger partial charge in [0.25, 0.3) is 5.91 Å². The van der Waals surface area contributed by atoms with Gasteiger partial charge in [0.15, 0.2) is 11.6 Å². The molecule has 1 spiro atoms. The zero-order valence-corrected chi connectivity index (χ0v) is 16.5. The molecule has 1 aromatic heterocycles. The fourth-order valence-electron chi connectivity index (χ4n) is 4.43. The lowest BCUT2D eigenvalue weighted by atomic mass is 9.77. The molecule has 6 nitrogen and oxygen atoms in total. The molecule has 0 radical (unpaired) electrons. The third kappa shape index (κ3) is 3.08. The number of benzene rings is 1. The standard InChI is InChI=1S/C21H25FN4O2/c1-25(2)20-23-12-15-7-9-21(18(15)24-20)8-4-10-26(13-21)19(27)14-5-6-16(22)17(11-14)28-3/h5-6,11-12H,4,7-10,13H2,1-3H3. The number of carbonyl (C=O) groups is 1. The first kappa shape index (κ1) is 18.7. The van der Waals surface area contributed by atoms with E-state index in [1.165, 1.54) is 30.9 Å². The fourth-order valence-corrected chi connectivity index (χ4v) is 4.43. The van der Waals surface area contributed by atoms with E-state index < -0.39 is 5.82 Å². The summed E-state index contributed by atoms with van der Waals surface area (Å²) in [5.74, 6) is 0.235. The van der Waals surface area contributed by atoms with E-state index in [4.69, 9.17) is 9.72 Å². The molecule has 1 aliphatic carbocycles. The van der Waals surface area contributed by atoms with Gasteiger partial charge in [-0.15, -0.1) is 0 Å². The van der Waals surface area contributed by atoms with Gasteiger partial charge in [-0.05, 0) is 49.4 Å². The third-order valence-corrected chi connectivity index (χ3v) is 5.89. The molecule has 1 aliphatic heterocycles. The van der Waals surface area contributed by atoms with E-state index in [-0.39, 0.29) is 17.1 Å². The van der Waals surface area contributed by atoms with E-state index in [2.05, 4.69) is 4.98 Å². The SMILES string of the molecule is COc1cc(C(=O)N2CCCC3(CCc4cnc(N(C)C)nc43)C2)ccc1F. The van der Waals surface area contributed by atoms with Crippen molar-refractivity contribution in [3.8, 4) is 5.75 Å². The van der Waals surface area contributed by atoms with Crippen LogP contribution in [0.4, 0.5) is 10.3 Å². The molecule has 1 amide bonds. The molecule has 2 aliphatic rings. The van der Waals surface area contributed by atoms with E-state index in [0.29, 0.717) is 24.6 Å². The summed E-state index contributed by atoms with van der Waals surface area (Å²) in [6.07, 6.45) is 5.78. The number of hydrogen-bond donors (Lipinski definition) is 0. The van der Waals surface area contributed by atoms with Gasteiger partial charge in [-0.2, -0.15) is 0 Å². The lowest BCUT2D eigenvalue weighted by Gasteiger charge is -2.40. The van der Waals surface area contributed by atoms with Gasteiger partial charge in [0.2, 0.25) is 5.95 Å². The Kier molecular flexibility index (Phi) is 4.69. The maximum Gasteiger partial charge on any atom is 0.254 e. The van der Waals surface area contributed by atoms with E-state index in [1.54, 1.807) is 0 Å². The van der Waals surface area contributed by atoms with Crippen molar-refractivity contribution in [2.24, 2.45) is 0 Å². The molecule has 148 valence electrons. The predicted molar refractivity (Wildman–Crippen MR) is 104 cm³/mol. The van der Waals surface area contributed by atoms with Crippen molar-refractivity contribution in [2.75, 3.05) is 39.2 Å². The molecular weight excluding hydrogens is 359 g/mol. The Balaban J connectivity index is 1.63. The highest BCUT2D eigenvalue weighted by Crippen LogP contribution is 2.44. The van der Waals surface area contributed by atoms with Crippen LogP contribution in [-0.4, -0.2) is 55.1 Å². The van der Waals surface area contributed by atoms with Crippen LogP contribution in [0.1, 0.15) is 40.9 Å². The van der Waals surface area contributed by atoms with Crippen molar-refractivity contribution in [3.05, 3.63) is 47.0 Å². The quantitative estimate of drug-likeness (QED) is 0.815. The second kappa shape index (κ2) is 7.04. The summed E-state index contributed by atoms with van der Waals surface area (Å²) in [6, 6.07) is 4.29. The first-order valence-electron chi connectivity index (χ1n) is 9.60. The van der Waals surface area contributed by atoms with Gasteiger partial charge in [0.1, 0.15) is 0 Å². The largest absolute Gasteiger partial charge is 0.494 e. The number of rotatable bonds is 3. The molecule has 1 aromatic carbocycles. The smallest absolute Gasteiger partial charge is 0.254 e. The summed E-state index contributed by atoms with van der Waals surface area (Å²) in [5, 5.41) is 0. The van der Waals surface area contributed by atoms with Crippen molar-refractivity contribution < 1.29 is 13.9 Å². The molecule has 0 bridgehead atoms. The number of likely N-dealkylation sites (tertiary alicyclic amines) is 1. The van der Waals surface area contributed by atoms with Crippen LogP contribution in [0, 0.1) is 5.82 Å². The number of amides is 1. The van der Waals surface area contributed by atoms with Crippen LogP contribution in [-0.2, 0) is 11.8 Å². The van der Waals surface area contributed by atoms with Gasteiger partial charge in [-0.1, -0.05) is 0 Å². The van der Waals surface area contributed by atoms with Crippen LogP contribution in [0.3, 0.4) is 0 Å². The van der Waals surface area contributed by atoms with Gasteiger partial charge in [-0.25, -0.2) is 14.4 Å². The highest BCUT2D eigenvalue weighted by Gasteiger charge is 2.45. The first-order valence-corrected chi connectivity index (χ1v) is 9.60. The van der Waals surface area contributed by atoms with Gasteiger partial charge in [0, 0.05) is 44.4 Å². The number of fused-ring (bicyclic) bond motifs is 2. The second-order valence-electron chi connectivity index (χ2n) is 7.90. The molecule has 1 unspecified atom stereocenters. The summed E-state index contributed by atoms with van der Waals surface area (Å²) in [6.45, 7) is 1.32. The Morgan fingerprint density at radius 1 is 1.32 bits per heavy atom. The lowest BCUT2D eigenvalue weighted by Crippen LogP contribution is -2.48. The number of anilines is 1. The Hall–Kier alpha value is -2.70. The highest BCUT2D eigenvalue weighted by molar-refractivity contribution is 5.94. The minimum atomic E-state index is -0.466.